The van der Waals surface area contributed by atoms with Crippen LogP contribution in [0, 0.1) is 13.8 Å². The molecule has 2 aliphatic rings. The first kappa shape index (κ1) is 19.8. The highest BCUT2D eigenvalue weighted by molar-refractivity contribution is 5.95. The van der Waals surface area contributed by atoms with Gasteiger partial charge in [0, 0.05) is 39.4 Å². The summed E-state index contributed by atoms with van der Waals surface area (Å²) in [6, 6.07) is 1.77. The molecule has 0 spiro atoms. The van der Waals surface area contributed by atoms with Crippen molar-refractivity contribution in [1.82, 2.24) is 9.80 Å². The first-order chi connectivity index (χ1) is 11.4. The summed E-state index contributed by atoms with van der Waals surface area (Å²) in [5.74, 6) is 1.31. The summed E-state index contributed by atoms with van der Waals surface area (Å²) in [5, 5.41) is 0. The minimum atomic E-state index is -0.817. The second kappa shape index (κ2) is 7.76. The van der Waals surface area contributed by atoms with Crippen molar-refractivity contribution >= 4 is 24.2 Å². The lowest BCUT2D eigenvalue weighted by Gasteiger charge is -2.40. The topological polar surface area (TPSA) is 89.0 Å². The molecule has 2 saturated heterocycles. The van der Waals surface area contributed by atoms with E-state index in [1.807, 2.05) is 6.92 Å². The average Bonchev–Trinajstić information content (AvgIpc) is 2.93. The number of ether oxygens (including phenoxy) is 1. The van der Waals surface area contributed by atoms with Crippen molar-refractivity contribution in [2.75, 3.05) is 39.4 Å². The molecule has 0 radical (unpaired) electrons. The van der Waals surface area contributed by atoms with Gasteiger partial charge in [0.05, 0.1) is 11.1 Å². The van der Waals surface area contributed by atoms with Crippen LogP contribution in [0.25, 0.3) is 0 Å². The maximum atomic E-state index is 12.7. The molecule has 7 nitrogen and oxygen atoms in total. The Morgan fingerprint density at radius 2 is 1.64 bits per heavy atom. The van der Waals surface area contributed by atoms with E-state index in [1.54, 1.807) is 22.8 Å². The molecule has 3 rings (SSSR count). The molecule has 2 aliphatic heterocycles. The van der Waals surface area contributed by atoms with Crippen molar-refractivity contribution in [2.24, 2.45) is 5.73 Å². The predicted octanol–water partition coefficient (Wildman–Crippen LogP) is 1.11. The van der Waals surface area contributed by atoms with Crippen LogP contribution in [0.1, 0.15) is 34.7 Å². The van der Waals surface area contributed by atoms with Crippen LogP contribution in [-0.4, -0.2) is 66.5 Å². The van der Waals surface area contributed by atoms with Crippen LogP contribution in [0.5, 0.6) is 0 Å². The molecule has 1 aromatic rings. The molecule has 140 valence electrons. The quantitative estimate of drug-likeness (QED) is 0.841. The van der Waals surface area contributed by atoms with E-state index < -0.39 is 5.54 Å². The summed E-state index contributed by atoms with van der Waals surface area (Å²) in [4.78, 5) is 28.9. The number of nitrogens with zero attached hydrogens (tertiary/aromatic N) is 2. The zero-order chi connectivity index (χ0) is 17.3. The number of carbonyl (C=O) groups excluding carboxylic acids is 2. The third-order valence-electron chi connectivity index (χ3n) is 4.94. The van der Waals surface area contributed by atoms with E-state index in [0.717, 1.165) is 5.76 Å². The van der Waals surface area contributed by atoms with E-state index in [-0.39, 0.29) is 24.2 Å². The first-order valence-corrected chi connectivity index (χ1v) is 8.43. The number of halogens is 1. The molecule has 0 unspecified atom stereocenters. The monoisotopic (exact) mass is 371 g/mol. The molecule has 3 heterocycles. The number of furan rings is 1. The predicted molar refractivity (Wildman–Crippen MR) is 94.9 cm³/mol. The molecule has 0 aromatic carbocycles. The van der Waals surface area contributed by atoms with Crippen LogP contribution in [0.15, 0.2) is 10.5 Å². The largest absolute Gasteiger partial charge is 0.466 e. The average molecular weight is 372 g/mol. The van der Waals surface area contributed by atoms with Gasteiger partial charge in [0.2, 0.25) is 5.91 Å². The third kappa shape index (κ3) is 3.99. The minimum absolute atomic E-state index is 0. The van der Waals surface area contributed by atoms with E-state index in [9.17, 15) is 9.59 Å². The van der Waals surface area contributed by atoms with E-state index >= 15 is 0 Å². The number of piperazine rings is 1. The number of amides is 2. The van der Waals surface area contributed by atoms with Gasteiger partial charge in [-0.15, -0.1) is 12.4 Å². The van der Waals surface area contributed by atoms with Crippen LogP contribution in [0.3, 0.4) is 0 Å². The summed E-state index contributed by atoms with van der Waals surface area (Å²) >= 11 is 0. The van der Waals surface area contributed by atoms with Crippen LogP contribution >= 0.6 is 12.4 Å². The van der Waals surface area contributed by atoms with Gasteiger partial charge in [-0.3, -0.25) is 9.59 Å². The third-order valence-corrected chi connectivity index (χ3v) is 4.94. The molecule has 0 aliphatic carbocycles. The smallest absolute Gasteiger partial charge is 0.257 e. The van der Waals surface area contributed by atoms with Gasteiger partial charge in [0.15, 0.2) is 0 Å². The molecule has 0 bridgehead atoms. The van der Waals surface area contributed by atoms with E-state index in [2.05, 4.69) is 0 Å². The Balaban J connectivity index is 0.00000225. The highest BCUT2D eigenvalue weighted by Crippen LogP contribution is 2.22. The molecule has 2 amide bonds. The number of rotatable bonds is 2. The van der Waals surface area contributed by atoms with Gasteiger partial charge in [0.1, 0.15) is 11.5 Å². The van der Waals surface area contributed by atoms with Crippen LogP contribution < -0.4 is 5.73 Å². The number of hydrogen-bond acceptors (Lipinski definition) is 5. The standard InChI is InChI=1S/C17H25N3O4.ClH/c1-12-11-14(13(2)24-12)15(21)19-5-7-20(8-6-19)16(22)17(18)3-9-23-10-4-17;/h11H,3-10,18H2,1-2H3;1H. The molecular weight excluding hydrogens is 346 g/mol. The lowest BCUT2D eigenvalue weighted by Crippen LogP contribution is -2.61. The Hall–Kier alpha value is -1.57. The molecule has 8 heteroatoms. The molecule has 1 aromatic heterocycles. The second-order valence-corrected chi connectivity index (χ2v) is 6.68. The highest BCUT2D eigenvalue weighted by Gasteiger charge is 2.40. The highest BCUT2D eigenvalue weighted by atomic mass is 35.5. The van der Waals surface area contributed by atoms with Gasteiger partial charge < -0.3 is 24.7 Å². The fourth-order valence-electron chi connectivity index (χ4n) is 3.39. The van der Waals surface area contributed by atoms with Gasteiger partial charge in [0.25, 0.3) is 5.91 Å². The van der Waals surface area contributed by atoms with Crippen LogP contribution in [-0.2, 0) is 9.53 Å². The number of carbonyl (C=O) groups is 2. The van der Waals surface area contributed by atoms with Crippen LogP contribution in [0.4, 0.5) is 0 Å². The fourth-order valence-corrected chi connectivity index (χ4v) is 3.39. The Bertz CT molecular complexity index is 632. The minimum Gasteiger partial charge on any atom is -0.466 e. The Morgan fingerprint density at radius 3 is 2.16 bits per heavy atom. The molecule has 0 saturated carbocycles. The fraction of sp³-hybridized carbons (Fsp3) is 0.647. The van der Waals surface area contributed by atoms with Crippen molar-refractivity contribution < 1.29 is 18.7 Å². The van der Waals surface area contributed by atoms with Crippen molar-refractivity contribution in [1.29, 1.82) is 0 Å². The zero-order valence-electron chi connectivity index (χ0n) is 14.7. The number of nitrogens with two attached hydrogens (primary N) is 1. The van der Waals surface area contributed by atoms with Gasteiger partial charge in [-0.05, 0) is 32.8 Å². The normalized spacial score (nSPS) is 20.1. The lowest BCUT2D eigenvalue weighted by atomic mass is 9.89. The number of hydrogen-bond donors (Lipinski definition) is 1. The van der Waals surface area contributed by atoms with Crippen molar-refractivity contribution in [3.63, 3.8) is 0 Å². The van der Waals surface area contributed by atoms with Gasteiger partial charge in [-0.2, -0.15) is 0 Å². The molecule has 2 N–H and O–H groups in total. The van der Waals surface area contributed by atoms with Crippen molar-refractivity contribution in [3.8, 4) is 0 Å². The number of aryl methyl sites for hydroxylation is 2. The van der Waals surface area contributed by atoms with Crippen molar-refractivity contribution in [2.45, 2.75) is 32.2 Å². The summed E-state index contributed by atoms with van der Waals surface area (Å²) in [6.07, 6.45) is 1.11. The summed E-state index contributed by atoms with van der Waals surface area (Å²) in [5.41, 5.74) is 6.06. The van der Waals surface area contributed by atoms with E-state index in [4.69, 9.17) is 14.9 Å². The summed E-state index contributed by atoms with van der Waals surface area (Å²) in [7, 11) is 0. The Morgan fingerprint density at radius 1 is 1.08 bits per heavy atom. The maximum Gasteiger partial charge on any atom is 0.257 e. The Labute approximate surface area is 153 Å². The Kier molecular flexibility index (Phi) is 6.13. The maximum absolute atomic E-state index is 12.7. The zero-order valence-corrected chi connectivity index (χ0v) is 15.6. The molecular formula is C17H26ClN3O4. The molecule has 2 fully saturated rings. The van der Waals surface area contributed by atoms with Gasteiger partial charge in [-0.25, -0.2) is 0 Å². The van der Waals surface area contributed by atoms with Crippen LogP contribution in [0.2, 0.25) is 0 Å². The lowest BCUT2D eigenvalue weighted by molar-refractivity contribution is -0.142. The van der Waals surface area contributed by atoms with Gasteiger partial charge in [-0.1, -0.05) is 0 Å². The second-order valence-electron chi connectivity index (χ2n) is 6.68. The van der Waals surface area contributed by atoms with E-state index in [1.165, 1.54) is 0 Å². The van der Waals surface area contributed by atoms with E-state index in [0.29, 0.717) is 63.6 Å². The first-order valence-electron chi connectivity index (χ1n) is 8.43. The van der Waals surface area contributed by atoms with Gasteiger partial charge >= 0.3 is 0 Å². The molecule has 25 heavy (non-hydrogen) atoms. The van der Waals surface area contributed by atoms with Crippen molar-refractivity contribution in [3.05, 3.63) is 23.2 Å². The molecule has 0 atom stereocenters. The summed E-state index contributed by atoms with van der Waals surface area (Å²) in [6.45, 7) is 6.74. The SMILES string of the molecule is Cc1cc(C(=O)N2CCN(C(=O)C3(N)CCOCC3)CC2)c(C)o1.Cl. The summed E-state index contributed by atoms with van der Waals surface area (Å²) < 4.78 is 10.7.